The molecule has 19 heavy (non-hydrogen) atoms. The zero-order chi connectivity index (χ0) is 13.7. The van der Waals surface area contributed by atoms with Gasteiger partial charge in [-0.05, 0) is 6.07 Å². The third-order valence-corrected chi connectivity index (χ3v) is 3.12. The molecule has 0 aliphatic carbocycles. The summed E-state index contributed by atoms with van der Waals surface area (Å²) in [6.07, 6.45) is 0. The maximum Gasteiger partial charge on any atom is 0.311 e. The molecule has 2 rings (SSSR count). The maximum absolute atomic E-state index is 10.9. The van der Waals surface area contributed by atoms with Gasteiger partial charge in [0.25, 0.3) is 0 Å². The smallest absolute Gasteiger partial charge is 0.311 e. The Morgan fingerprint density at radius 2 is 2.16 bits per heavy atom. The normalized spacial score (nSPS) is 16.3. The van der Waals surface area contributed by atoms with Crippen molar-refractivity contribution in [3.8, 4) is 5.75 Å². The van der Waals surface area contributed by atoms with Crippen molar-refractivity contribution in [1.29, 1.82) is 0 Å². The summed E-state index contributed by atoms with van der Waals surface area (Å²) in [5.74, 6) is 0.214. The molecule has 0 amide bonds. The highest BCUT2D eigenvalue weighted by Crippen LogP contribution is 2.29. The van der Waals surface area contributed by atoms with Crippen LogP contribution in [-0.2, 0) is 4.74 Å². The number of halogens is 1. The lowest BCUT2D eigenvalue weighted by atomic mass is 10.3. The predicted octanol–water partition coefficient (Wildman–Crippen LogP) is 1.96. The van der Waals surface area contributed by atoms with Gasteiger partial charge in [-0.15, -0.1) is 0 Å². The number of hydrogen-bond acceptors (Lipinski definition) is 5. The number of nitro benzene ring substituents is 1. The van der Waals surface area contributed by atoms with Crippen molar-refractivity contribution >= 4 is 17.3 Å². The van der Waals surface area contributed by atoms with Gasteiger partial charge < -0.3 is 9.47 Å². The Morgan fingerprint density at radius 1 is 1.42 bits per heavy atom. The van der Waals surface area contributed by atoms with E-state index in [4.69, 9.17) is 21.1 Å². The number of nitrogens with zero attached hydrogens (tertiary/aromatic N) is 2. The quantitative estimate of drug-likeness (QED) is 0.611. The second-order valence-corrected chi connectivity index (χ2v) is 4.61. The van der Waals surface area contributed by atoms with E-state index in [0.717, 1.165) is 26.3 Å². The Kier molecular flexibility index (Phi) is 4.95. The Hall–Kier alpha value is -1.37. The molecule has 6 nitrogen and oxygen atoms in total. The van der Waals surface area contributed by atoms with E-state index in [-0.39, 0.29) is 11.4 Å². The number of ether oxygens (including phenoxy) is 2. The lowest BCUT2D eigenvalue weighted by Gasteiger charge is -2.26. The lowest BCUT2D eigenvalue weighted by Crippen LogP contribution is -2.38. The number of rotatable bonds is 5. The van der Waals surface area contributed by atoms with Crippen LogP contribution in [0.1, 0.15) is 0 Å². The van der Waals surface area contributed by atoms with Crippen LogP contribution in [0, 0.1) is 10.1 Å². The fraction of sp³-hybridized carbons (Fsp3) is 0.500. The van der Waals surface area contributed by atoms with Gasteiger partial charge in [-0.25, -0.2) is 0 Å². The van der Waals surface area contributed by atoms with E-state index in [2.05, 4.69) is 4.90 Å². The van der Waals surface area contributed by atoms with Crippen LogP contribution in [0.25, 0.3) is 0 Å². The summed E-state index contributed by atoms with van der Waals surface area (Å²) in [6, 6.07) is 4.31. The summed E-state index contributed by atoms with van der Waals surface area (Å²) < 4.78 is 10.7. The van der Waals surface area contributed by atoms with Gasteiger partial charge in [0.1, 0.15) is 6.61 Å². The van der Waals surface area contributed by atoms with E-state index < -0.39 is 4.92 Å². The van der Waals surface area contributed by atoms with Crippen LogP contribution in [-0.4, -0.2) is 49.3 Å². The summed E-state index contributed by atoms with van der Waals surface area (Å²) in [4.78, 5) is 12.6. The van der Waals surface area contributed by atoms with Gasteiger partial charge in [0.15, 0.2) is 5.75 Å². The first-order valence-corrected chi connectivity index (χ1v) is 6.41. The van der Waals surface area contributed by atoms with Crippen LogP contribution in [0.15, 0.2) is 18.2 Å². The van der Waals surface area contributed by atoms with Crippen molar-refractivity contribution in [3.63, 3.8) is 0 Å². The second kappa shape index (κ2) is 6.70. The van der Waals surface area contributed by atoms with E-state index in [1.54, 1.807) is 0 Å². The van der Waals surface area contributed by atoms with Crippen LogP contribution in [0.4, 0.5) is 5.69 Å². The maximum atomic E-state index is 10.9. The van der Waals surface area contributed by atoms with Crippen LogP contribution in [0.3, 0.4) is 0 Å². The monoisotopic (exact) mass is 286 g/mol. The van der Waals surface area contributed by atoms with Crippen LogP contribution in [0.2, 0.25) is 5.02 Å². The van der Waals surface area contributed by atoms with Gasteiger partial charge in [-0.1, -0.05) is 11.6 Å². The Balaban J connectivity index is 1.91. The van der Waals surface area contributed by atoms with Crippen molar-refractivity contribution in [1.82, 2.24) is 4.90 Å². The van der Waals surface area contributed by atoms with Gasteiger partial charge in [0.05, 0.1) is 18.1 Å². The fourth-order valence-corrected chi connectivity index (χ4v) is 2.03. The second-order valence-electron chi connectivity index (χ2n) is 4.17. The largest absolute Gasteiger partial charge is 0.485 e. The average Bonchev–Trinajstić information content (AvgIpc) is 2.39. The molecule has 1 aliphatic rings. The molecule has 0 radical (unpaired) electrons. The molecule has 0 saturated carbocycles. The number of hydrogen-bond donors (Lipinski definition) is 0. The zero-order valence-electron chi connectivity index (χ0n) is 10.4. The molecule has 1 aromatic rings. The highest BCUT2D eigenvalue weighted by Gasteiger charge is 2.16. The van der Waals surface area contributed by atoms with E-state index >= 15 is 0 Å². The van der Waals surface area contributed by atoms with E-state index in [9.17, 15) is 10.1 Å². The molecule has 104 valence electrons. The summed E-state index contributed by atoms with van der Waals surface area (Å²) in [5.41, 5.74) is -0.0635. The third-order valence-electron chi connectivity index (χ3n) is 2.89. The fourth-order valence-electron chi connectivity index (χ4n) is 1.86. The van der Waals surface area contributed by atoms with Crippen LogP contribution >= 0.6 is 11.6 Å². The summed E-state index contributed by atoms with van der Waals surface area (Å²) in [5, 5.41) is 11.3. The molecule has 0 atom stereocenters. The Labute approximate surface area is 116 Å². The van der Waals surface area contributed by atoms with Crippen molar-refractivity contribution in [2.24, 2.45) is 0 Å². The standard InChI is InChI=1S/C12H15ClN2O4/c13-10-1-2-11(15(16)17)12(9-10)19-8-5-14-3-6-18-7-4-14/h1-2,9H,3-8H2. The van der Waals surface area contributed by atoms with Crippen molar-refractivity contribution in [3.05, 3.63) is 33.3 Å². The number of nitro groups is 1. The van der Waals surface area contributed by atoms with E-state index in [1.807, 2.05) is 0 Å². The van der Waals surface area contributed by atoms with Crippen molar-refractivity contribution in [2.75, 3.05) is 39.5 Å². The van der Waals surface area contributed by atoms with Gasteiger partial charge >= 0.3 is 5.69 Å². The molecule has 7 heteroatoms. The molecule has 0 unspecified atom stereocenters. The number of morpholine rings is 1. The predicted molar refractivity (Wildman–Crippen MR) is 70.9 cm³/mol. The first-order valence-electron chi connectivity index (χ1n) is 6.03. The average molecular weight is 287 g/mol. The summed E-state index contributed by atoms with van der Waals surface area (Å²) >= 11 is 5.82. The van der Waals surface area contributed by atoms with Crippen molar-refractivity contribution < 1.29 is 14.4 Å². The van der Waals surface area contributed by atoms with Gasteiger partial charge in [-0.3, -0.25) is 15.0 Å². The number of benzene rings is 1. The minimum atomic E-state index is -0.472. The van der Waals surface area contributed by atoms with Crippen LogP contribution < -0.4 is 4.74 Å². The molecular weight excluding hydrogens is 272 g/mol. The third kappa shape index (κ3) is 4.05. The molecule has 0 bridgehead atoms. The first-order chi connectivity index (χ1) is 9.16. The molecule has 0 aromatic heterocycles. The molecule has 0 N–H and O–H groups in total. The minimum absolute atomic E-state index is 0.0635. The zero-order valence-corrected chi connectivity index (χ0v) is 11.1. The molecule has 1 aliphatic heterocycles. The lowest BCUT2D eigenvalue weighted by molar-refractivity contribution is -0.385. The molecule has 1 aromatic carbocycles. The molecule has 1 saturated heterocycles. The highest BCUT2D eigenvalue weighted by molar-refractivity contribution is 6.30. The Morgan fingerprint density at radius 3 is 2.84 bits per heavy atom. The first kappa shape index (κ1) is 14.0. The van der Waals surface area contributed by atoms with Crippen molar-refractivity contribution in [2.45, 2.75) is 0 Å². The minimum Gasteiger partial charge on any atom is -0.485 e. The summed E-state index contributed by atoms with van der Waals surface area (Å²) in [6.45, 7) is 4.27. The molecule has 1 fully saturated rings. The van der Waals surface area contributed by atoms with Crippen LogP contribution in [0.5, 0.6) is 5.75 Å². The van der Waals surface area contributed by atoms with E-state index in [1.165, 1.54) is 18.2 Å². The SMILES string of the molecule is O=[N+]([O-])c1ccc(Cl)cc1OCCN1CCOCC1. The molecule has 0 spiro atoms. The Bertz CT molecular complexity index is 449. The van der Waals surface area contributed by atoms with Gasteiger partial charge in [-0.2, -0.15) is 0 Å². The molecule has 1 heterocycles. The van der Waals surface area contributed by atoms with Gasteiger partial charge in [0.2, 0.25) is 0 Å². The summed E-state index contributed by atoms with van der Waals surface area (Å²) in [7, 11) is 0. The molecular formula is C12H15ClN2O4. The topological polar surface area (TPSA) is 64.8 Å². The van der Waals surface area contributed by atoms with Gasteiger partial charge in [0, 0.05) is 36.8 Å². The highest BCUT2D eigenvalue weighted by atomic mass is 35.5. The van der Waals surface area contributed by atoms with E-state index in [0.29, 0.717) is 18.2 Å².